The lowest BCUT2D eigenvalue weighted by Crippen LogP contribution is -2.38. The van der Waals surface area contributed by atoms with Crippen molar-refractivity contribution in [2.75, 3.05) is 0 Å². The summed E-state index contributed by atoms with van der Waals surface area (Å²) in [7, 11) is 0. The summed E-state index contributed by atoms with van der Waals surface area (Å²) in [6.07, 6.45) is 0. The van der Waals surface area contributed by atoms with Gasteiger partial charge in [-0.25, -0.2) is 13.3 Å². The van der Waals surface area contributed by atoms with Crippen LogP contribution in [-0.2, 0) is 0 Å². The monoisotopic (exact) mass is 167 g/mol. The van der Waals surface area contributed by atoms with E-state index in [1.54, 1.807) is 5.32 Å². The number of thiol groups is 2. The molecule has 0 aromatic rings. The highest BCUT2D eigenvalue weighted by atomic mass is 32.2. The van der Waals surface area contributed by atoms with E-state index in [1.807, 2.05) is 0 Å². The molecular formula is C2H5N3O2S2. The molecule has 0 aliphatic rings. The minimum atomic E-state index is -0.937. The third-order valence-corrected chi connectivity index (χ3v) is 0.775. The number of nitrogens with zero attached hydrogens (tertiary/aromatic N) is 1. The number of primary amides is 1. The minimum Gasteiger partial charge on any atom is -0.351 e. The van der Waals surface area contributed by atoms with Crippen LogP contribution in [0.15, 0.2) is 0 Å². The number of nitrogens with one attached hydrogen (secondary N) is 1. The van der Waals surface area contributed by atoms with Crippen LogP contribution >= 0.6 is 25.6 Å². The molecule has 9 heavy (non-hydrogen) atoms. The topological polar surface area (TPSA) is 75.4 Å². The van der Waals surface area contributed by atoms with Gasteiger partial charge in [-0.1, -0.05) is 25.6 Å². The van der Waals surface area contributed by atoms with Crippen LogP contribution in [0.2, 0.25) is 0 Å². The maximum Gasteiger partial charge on any atom is 0.345 e. The van der Waals surface area contributed by atoms with Crippen molar-refractivity contribution in [3.05, 3.63) is 0 Å². The molecule has 5 nitrogen and oxygen atoms in total. The zero-order valence-corrected chi connectivity index (χ0v) is 6.02. The van der Waals surface area contributed by atoms with E-state index < -0.39 is 12.1 Å². The highest BCUT2D eigenvalue weighted by molar-refractivity contribution is 7.94. The van der Waals surface area contributed by atoms with E-state index >= 15 is 0 Å². The smallest absolute Gasteiger partial charge is 0.345 e. The van der Waals surface area contributed by atoms with Crippen LogP contribution < -0.4 is 11.1 Å². The first kappa shape index (κ1) is 8.44. The van der Waals surface area contributed by atoms with Gasteiger partial charge in [0.25, 0.3) is 0 Å². The van der Waals surface area contributed by atoms with Gasteiger partial charge in [0.1, 0.15) is 0 Å². The standard InChI is InChI=1S/C2H5N3O2S2/c3-1(6)4-2(7)5(8)9/h8-9H,(H3,3,4,6,7). The van der Waals surface area contributed by atoms with Gasteiger partial charge in [0, 0.05) is 0 Å². The quantitative estimate of drug-likeness (QED) is 0.376. The predicted octanol–water partition coefficient (Wildman–Crippen LogP) is -0.234. The van der Waals surface area contributed by atoms with Gasteiger partial charge in [-0.05, 0) is 0 Å². The Hall–Kier alpha value is -0.560. The number of nitrogens with two attached hydrogens (primary N) is 1. The first-order valence-electron chi connectivity index (χ1n) is 1.82. The van der Waals surface area contributed by atoms with Crippen molar-refractivity contribution in [3.8, 4) is 0 Å². The summed E-state index contributed by atoms with van der Waals surface area (Å²) < 4.78 is 0.602. The lowest BCUT2D eigenvalue weighted by atomic mass is 10.9. The molecule has 0 spiro atoms. The number of imide groups is 1. The van der Waals surface area contributed by atoms with Crippen molar-refractivity contribution in [2.45, 2.75) is 0 Å². The minimum absolute atomic E-state index is 0.602. The van der Waals surface area contributed by atoms with Crippen LogP contribution in [0.4, 0.5) is 9.59 Å². The first-order valence-corrected chi connectivity index (χ1v) is 2.62. The molecular weight excluding hydrogens is 162 g/mol. The molecule has 0 unspecified atom stereocenters. The summed E-state index contributed by atoms with van der Waals surface area (Å²) in [5.74, 6) is 0. The Morgan fingerprint density at radius 3 is 2.00 bits per heavy atom. The molecule has 0 aliphatic heterocycles. The van der Waals surface area contributed by atoms with Crippen molar-refractivity contribution in [1.82, 2.24) is 9.03 Å². The molecule has 0 aromatic heterocycles. The fourth-order valence-corrected chi connectivity index (χ4v) is 0.255. The molecule has 52 valence electrons. The average Bonchev–Trinajstić information content (AvgIpc) is 1.63. The summed E-state index contributed by atoms with van der Waals surface area (Å²) in [4.78, 5) is 20.2. The summed E-state index contributed by atoms with van der Waals surface area (Å²) in [6, 6.07) is -1.72. The number of amides is 4. The van der Waals surface area contributed by atoms with Gasteiger partial charge in [0.2, 0.25) is 0 Å². The lowest BCUT2D eigenvalue weighted by molar-refractivity contribution is 0.230. The second-order valence-corrected chi connectivity index (χ2v) is 2.20. The summed E-state index contributed by atoms with van der Waals surface area (Å²) in [5, 5.41) is 1.72. The fourth-order valence-electron chi connectivity index (χ4n) is 0.155. The van der Waals surface area contributed by atoms with Gasteiger partial charge < -0.3 is 5.73 Å². The molecule has 0 saturated heterocycles. The second kappa shape index (κ2) is 3.46. The normalized spacial score (nSPS) is 8.22. The molecule has 0 heterocycles. The maximum atomic E-state index is 10.3. The van der Waals surface area contributed by atoms with E-state index in [0.29, 0.717) is 3.71 Å². The summed E-state index contributed by atoms with van der Waals surface area (Å²) in [5.41, 5.74) is 4.57. The van der Waals surface area contributed by atoms with E-state index in [-0.39, 0.29) is 0 Å². The van der Waals surface area contributed by atoms with E-state index in [0.717, 1.165) is 0 Å². The number of urea groups is 2. The molecule has 0 radical (unpaired) electrons. The third kappa shape index (κ3) is 3.98. The molecule has 0 fully saturated rings. The Bertz CT molecular complexity index is 136. The molecule has 0 aliphatic carbocycles. The van der Waals surface area contributed by atoms with Gasteiger partial charge in [-0.2, -0.15) is 0 Å². The Morgan fingerprint density at radius 1 is 1.44 bits per heavy atom. The van der Waals surface area contributed by atoms with Crippen molar-refractivity contribution in [3.63, 3.8) is 0 Å². The Labute approximate surface area is 62.7 Å². The molecule has 7 heteroatoms. The van der Waals surface area contributed by atoms with Gasteiger partial charge in [0.15, 0.2) is 0 Å². The van der Waals surface area contributed by atoms with Gasteiger partial charge in [-0.15, -0.1) is 0 Å². The number of hydrogen-bond donors (Lipinski definition) is 4. The Morgan fingerprint density at radius 2 is 1.89 bits per heavy atom. The zero-order chi connectivity index (χ0) is 7.44. The van der Waals surface area contributed by atoms with Crippen molar-refractivity contribution < 1.29 is 9.59 Å². The SMILES string of the molecule is NC(=O)NC(=O)N(S)S. The van der Waals surface area contributed by atoms with Crippen molar-refractivity contribution >= 4 is 37.7 Å². The van der Waals surface area contributed by atoms with E-state index in [2.05, 4.69) is 31.4 Å². The summed E-state index contributed by atoms with van der Waals surface area (Å²) >= 11 is 6.89. The zero-order valence-electron chi connectivity index (χ0n) is 4.24. The first-order chi connectivity index (χ1) is 4.04. The molecule has 3 N–H and O–H groups in total. The molecule has 0 bridgehead atoms. The number of rotatable bonds is 0. The number of carbonyl (C=O) groups excluding carboxylic acids is 2. The highest BCUT2D eigenvalue weighted by Crippen LogP contribution is 1.95. The number of hydrogen-bond acceptors (Lipinski definition) is 4. The van der Waals surface area contributed by atoms with Crippen LogP contribution in [0.3, 0.4) is 0 Å². The second-order valence-electron chi connectivity index (χ2n) is 1.08. The van der Waals surface area contributed by atoms with Gasteiger partial charge in [-0.3, -0.25) is 5.32 Å². The largest absolute Gasteiger partial charge is 0.351 e. The van der Waals surface area contributed by atoms with Crippen LogP contribution in [-0.4, -0.2) is 15.8 Å². The highest BCUT2D eigenvalue weighted by Gasteiger charge is 2.05. The van der Waals surface area contributed by atoms with Crippen LogP contribution in [0.5, 0.6) is 0 Å². The molecule has 0 aromatic carbocycles. The van der Waals surface area contributed by atoms with Gasteiger partial charge in [0.05, 0.1) is 0 Å². The fraction of sp³-hybridized carbons (Fsp3) is 0. The molecule has 0 saturated carbocycles. The van der Waals surface area contributed by atoms with Crippen LogP contribution in [0.25, 0.3) is 0 Å². The molecule has 0 atom stereocenters. The summed E-state index contributed by atoms with van der Waals surface area (Å²) in [6.45, 7) is 0. The van der Waals surface area contributed by atoms with Crippen molar-refractivity contribution in [2.24, 2.45) is 5.73 Å². The lowest BCUT2D eigenvalue weighted by Gasteiger charge is -2.04. The van der Waals surface area contributed by atoms with Crippen LogP contribution in [0, 0.1) is 0 Å². The molecule has 4 amide bonds. The van der Waals surface area contributed by atoms with E-state index in [1.165, 1.54) is 0 Å². The predicted molar refractivity (Wildman–Crippen MR) is 37.9 cm³/mol. The Balaban J connectivity index is 3.64. The van der Waals surface area contributed by atoms with E-state index in [4.69, 9.17) is 0 Å². The van der Waals surface area contributed by atoms with E-state index in [9.17, 15) is 9.59 Å². The maximum absolute atomic E-state index is 10.3. The van der Waals surface area contributed by atoms with Crippen LogP contribution in [0.1, 0.15) is 0 Å². The number of carbonyl (C=O) groups is 2. The van der Waals surface area contributed by atoms with Gasteiger partial charge >= 0.3 is 12.1 Å². The third-order valence-electron chi connectivity index (χ3n) is 0.412. The average molecular weight is 167 g/mol. The molecule has 0 rings (SSSR count). The van der Waals surface area contributed by atoms with Crippen molar-refractivity contribution in [1.29, 1.82) is 0 Å². The Kier molecular flexibility index (Phi) is 3.25.